The molecule has 1 aliphatic carbocycles. The highest BCUT2D eigenvalue weighted by Crippen LogP contribution is 2.18. The highest BCUT2D eigenvalue weighted by Gasteiger charge is 2.21. The van der Waals surface area contributed by atoms with Crippen LogP contribution in [0, 0.1) is 6.92 Å². The Morgan fingerprint density at radius 2 is 2.17 bits per heavy atom. The van der Waals surface area contributed by atoms with E-state index in [2.05, 4.69) is 10.6 Å². The first-order chi connectivity index (χ1) is 8.66. The number of rotatable bonds is 6. The lowest BCUT2D eigenvalue weighted by molar-refractivity contribution is -0.120. The zero-order chi connectivity index (χ0) is 13.0. The van der Waals surface area contributed by atoms with Gasteiger partial charge in [-0.1, -0.05) is 24.3 Å². The molecule has 1 atom stereocenters. The molecule has 1 amide bonds. The fraction of sp³-hybridized carbons (Fsp3) is 0.500. The van der Waals surface area contributed by atoms with Crippen molar-refractivity contribution in [3.05, 3.63) is 35.4 Å². The summed E-state index contributed by atoms with van der Waals surface area (Å²) in [5.41, 5.74) is 1.91. The molecular weight excluding hydrogens is 228 g/mol. The molecule has 1 unspecified atom stereocenters. The highest BCUT2D eigenvalue weighted by atomic mass is 16.3. The molecule has 2 rings (SSSR count). The normalized spacial score (nSPS) is 16.3. The SMILES string of the molecule is Cc1ccccc1C(O)CNC(=O)CNC1CC1. The average Bonchev–Trinajstić information content (AvgIpc) is 3.18. The summed E-state index contributed by atoms with van der Waals surface area (Å²) in [6.45, 7) is 2.55. The summed E-state index contributed by atoms with van der Waals surface area (Å²) in [6.07, 6.45) is 1.69. The Kier molecular flexibility index (Phi) is 4.33. The predicted molar refractivity (Wildman–Crippen MR) is 70.2 cm³/mol. The number of benzene rings is 1. The van der Waals surface area contributed by atoms with Gasteiger partial charge in [-0.25, -0.2) is 0 Å². The smallest absolute Gasteiger partial charge is 0.234 e. The average molecular weight is 248 g/mol. The van der Waals surface area contributed by atoms with Gasteiger partial charge in [-0.2, -0.15) is 0 Å². The van der Waals surface area contributed by atoms with E-state index in [0.717, 1.165) is 11.1 Å². The number of carbonyl (C=O) groups is 1. The molecule has 18 heavy (non-hydrogen) atoms. The van der Waals surface area contributed by atoms with Crippen LogP contribution < -0.4 is 10.6 Å². The Labute approximate surface area is 107 Å². The Morgan fingerprint density at radius 3 is 2.83 bits per heavy atom. The monoisotopic (exact) mass is 248 g/mol. The Bertz CT molecular complexity index is 416. The van der Waals surface area contributed by atoms with Gasteiger partial charge in [0.2, 0.25) is 5.91 Å². The van der Waals surface area contributed by atoms with Gasteiger partial charge >= 0.3 is 0 Å². The van der Waals surface area contributed by atoms with Crippen LogP contribution in [0.3, 0.4) is 0 Å². The second-order valence-electron chi connectivity index (χ2n) is 4.83. The number of nitrogens with one attached hydrogen (secondary N) is 2. The van der Waals surface area contributed by atoms with Gasteiger partial charge in [0.25, 0.3) is 0 Å². The van der Waals surface area contributed by atoms with Crippen molar-refractivity contribution in [1.82, 2.24) is 10.6 Å². The number of amides is 1. The zero-order valence-corrected chi connectivity index (χ0v) is 10.6. The molecular formula is C14H20N2O2. The summed E-state index contributed by atoms with van der Waals surface area (Å²) < 4.78 is 0. The lowest BCUT2D eigenvalue weighted by Crippen LogP contribution is -2.37. The van der Waals surface area contributed by atoms with Crippen LogP contribution in [0.1, 0.15) is 30.1 Å². The molecule has 0 heterocycles. The second-order valence-corrected chi connectivity index (χ2v) is 4.83. The standard InChI is InChI=1S/C14H20N2O2/c1-10-4-2-3-5-12(10)13(17)8-16-14(18)9-15-11-6-7-11/h2-5,11,13,15,17H,6-9H2,1H3,(H,16,18). The van der Waals surface area contributed by atoms with E-state index in [-0.39, 0.29) is 12.5 Å². The van der Waals surface area contributed by atoms with Crippen LogP contribution in [0.4, 0.5) is 0 Å². The van der Waals surface area contributed by atoms with Gasteiger partial charge < -0.3 is 15.7 Å². The fourth-order valence-corrected chi connectivity index (χ4v) is 1.87. The van der Waals surface area contributed by atoms with Crippen molar-refractivity contribution in [2.45, 2.75) is 31.9 Å². The first-order valence-corrected chi connectivity index (χ1v) is 6.40. The van der Waals surface area contributed by atoms with E-state index in [0.29, 0.717) is 12.6 Å². The predicted octanol–water partition coefficient (Wildman–Crippen LogP) is 0.897. The molecule has 0 spiro atoms. The van der Waals surface area contributed by atoms with Gasteiger partial charge in [-0.3, -0.25) is 4.79 Å². The molecule has 1 saturated carbocycles. The van der Waals surface area contributed by atoms with E-state index < -0.39 is 6.10 Å². The van der Waals surface area contributed by atoms with E-state index in [1.807, 2.05) is 31.2 Å². The maximum atomic E-state index is 11.5. The maximum absolute atomic E-state index is 11.5. The van der Waals surface area contributed by atoms with Crippen molar-refractivity contribution in [3.8, 4) is 0 Å². The summed E-state index contributed by atoms with van der Waals surface area (Å²) in [5.74, 6) is -0.0606. The number of aryl methyl sites for hydroxylation is 1. The number of hydrogen-bond donors (Lipinski definition) is 3. The molecule has 3 N–H and O–H groups in total. The van der Waals surface area contributed by atoms with Crippen molar-refractivity contribution >= 4 is 5.91 Å². The molecule has 98 valence electrons. The van der Waals surface area contributed by atoms with Crippen molar-refractivity contribution in [3.63, 3.8) is 0 Å². The second kappa shape index (κ2) is 5.98. The summed E-state index contributed by atoms with van der Waals surface area (Å²) >= 11 is 0. The molecule has 4 nitrogen and oxygen atoms in total. The summed E-state index contributed by atoms with van der Waals surface area (Å²) in [7, 11) is 0. The van der Waals surface area contributed by atoms with Crippen LogP contribution in [-0.2, 0) is 4.79 Å². The molecule has 1 aromatic carbocycles. The molecule has 1 fully saturated rings. The zero-order valence-electron chi connectivity index (χ0n) is 10.6. The molecule has 1 aliphatic rings. The third-order valence-electron chi connectivity index (χ3n) is 3.17. The minimum Gasteiger partial charge on any atom is -0.387 e. The Hall–Kier alpha value is -1.39. The number of carbonyl (C=O) groups excluding carboxylic acids is 1. The van der Waals surface area contributed by atoms with Crippen LogP contribution in [0.5, 0.6) is 0 Å². The highest BCUT2D eigenvalue weighted by molar-refractivity contribution is 5.78. The van der Waals surface area contributed by atoms with Crippen LogP contribution in [0.15, 0.2) is 24.3 Å². The molecule has 1 aromatic rings. The number of aliphatic hydroxyl groups excluding tert-OH is 1. The Balaban J connectivity index is 1.75. The third kappa shape index (κ3) is 3.82. The molecule has 0 aliphatic heterocycles. The van der Waals surface area contributed by atoms with Crippen LogP contribution in [-0.4, -0.2) is 30.1 Å². The lowest BCUT2D eigenvalue weighted by atomic mass is 10.0. The van der Waals surface area contributed by atoms with Crippen molar-refractivity contribution in [2.24, 2.45) is 0 Å². The molecule has 4 heteroatoms. The van der Waals surface area contributed by atoms with E-state index >= 15 is 0 Å². The van der Waals surface area contributed by atoms with Gasteiger partial charge in [0.1, 0.15) is 0 Å². The van der Waals surface area contributed by atoms with Crippen LogP contribution in [0.25, 0.3) is 0 Å². The summed E-state index contributed by atoms with van der Waals surface area (Å²) in [6, 6.07) is 8.19. The minimum atomic E-state index is -0.643. The summed E-state index contributed by atoms with van der Waals surface area (Å²) in [4.78, 5) is 11.5. The van der Waals surface area contributed by atoms with Crippen LogP contribution >= 0.6 is 0 Å². The van der Waals surface area contributed by atoms with Crippen molar-refractivity contribution in [1.29, 1.82) is 0 Å². The first kappa shape index (κ1) is 13.1. The number of hydrogen-bond acceptors (Lipinski definition) is 3. The fourth-order valence-electron chi connectivity index (χ4n) is 1.87. The molecule has 0 aromatic heterocycles. The van der Waals surface area contributed by atoms with Crippen molar-refractivity contribution < 1.29 is 9.90 Å². The topological polar surface area (TPSA) is 61.4 Å². The van der Waals surface area contributed by atoms with Crippen LogP contribution in [0.2, 0.25) is 0 Å². The van der Waals surface area contributed by atoms with Gasteiger partial charge in [0, 0.05) is 12.6 Å². The first-order valence-electron chi connectivity index (χ1n) is 6.40. The Morgan fingerprint density at radius 1 is 1.44 bits per heavy atom. The lowest BCUT2D eigenvalue weighted by Gasteiger charge is -2.14. The van der Waals surface area contributed by atoms with E-state index in [4.69, 9.17) is 0 Å². The van der Waals surface area contributed by atoms with Gasteiger partial charge in [0.05, 0.1) is 12.6 Å². The largest absolute Gasteiger partial charge is 0.387 e. The van der Waals surface area contributed by atoms with Gasteiger partial charge in [-0.05, 0) is 30.9 Å². The molecule has 0 bridgehead atoms. The number of aliphatic hydroxyl groups is 1. The van der Waals surface area contributed by atoms with Crippen molar-refractivity contribution in [2.75, 3.05) is 13.1 Å². The van der Waals surface area contributed by atoms with E-state index in [1.165, 1.54) is 12.8 Å². The molecule has 0 radical (unpaired) electrons. The third-order valence-corrected chi connectivity index (χ3v) is 3.17. The van der Waals surface area contributed by atoms with E-state index in [9.17, 15) is 9.90 Å². The quantitative estimate of drug-likeness (QED) is 0.701. The van der Waals surface area contributed by atoms with Gasteiger partial charge in [0.15, 0.2) is 0 Å². The summed E-state index contributed by atoms with van der Waals surface area (Å²) in [5, 5.41) is 15.9. The molecule has 0 saturated heterocycles. The minimum absolute atomic E-state index is 0.0606. The van der Waals surface area contributed by atoms with Gasteiger partial charge in [-0.15, -0.1) is 0 Å². The van der Waals surface area contributed by atoms with E-state index in [1.54, 1.807) is 0 Å². The maximum Gasteiger partial charge on any atom is 0.234 e.